The number of aliphatic hydroxyl groups is 1. The van der Waals surface area contributed by atoms with E-state index in [-0.39, 0.29) is 17.4 Å². The zero-order chi connectivity index (χ0) is 14.5. The molecule has 0 aromatic heterocycles. The molecule has 2 atom stereocenters. The van der Waals surface area contributed by atoms with Gasteiger partial charge in [0.1, 0.15) is 6.04 Å². The zero-order valence-corrected chi connectivity index (χ0v) is 12.1. The van der Waals surface area contributed by atoms with Crippen molar-refractivity contribution in [2.75, 3.05) is 20.2 Å². The van der Waals surface area contributed by atoms with E-state index in [0.717, 1.165) is 25.8 Å². The van der Waals surface area contributed by atoms with Gasteiger partial charge in [0.2, 0.25) is 0 Å². The number of hydrogen-bond donors (Lipinski definition) is 1. The standard InChI is InChI=1S/C14H24N2O3/c1-14(2,10-15)6-4-5-7-16-9-11(17)8-12(16)13(18)19-3/h11-12,17H,4-9H2,1-3H3. The summed E-state index contributed by atoms with van der Waals surface area (Å²) in [6.45, 7) is 5.16. The lowest BCUT2D eigenvalue weighted by atomic mass is 9.89. The number of likely N-dealkylation sites (tertiary alicyclic amines) is 1. The van der Waals surface area contributed by atoms with Gasteiger partial charge in [0.25, 0.3) is 0 Å². The van der Waals surface area contributed by atoms with Gasteiger partial charge in [0.05, 0.1) is 24.7 Å². The maximum absolute atomic E-state index is 11.6. The molecule has 1 aliphatic rings. The Kier molecular flexibility index (Phi) is 5.77. The highest BCUT2D eigenvalue weighted by Gasteiger charge is 2.36. The third-order valence-electron chi connectivity index (χ3n) is 3.65. The molecule has 0 amide bonds. The first-order valence-electron chi connectivity index (χ1n) is 6.81. The van der Waals surface area contributed by atoms with Crippen LogP contribution in [-0.2, 0) is 9.53 Å². The van der Waals surface area contributed by atoms with Crippen LogP contribution >= 0.6 is 0 Å². The summed E-state index contributed by atoms with van der Waals surface area (Å²) in [6, 6.07) is 1.97. The highest BCUT2D eigenvalue weighted by atomic mass is 16.5. The molecular weight excluding hydrogens is 244 g/mol. The van der Waals surface area contributed by atoms with Crippen molar-refractivity contribution in [2.45, 2.75) is 51.7 Å². The molecule has 1 saturated heterocycles. The number of carbonyl (C=O) groups excluding carboxylic acids is 1. The first-order valence-corrected chi connectivity index (χ1v) is 6.81. The number of ether oxygens (including phenoxy) is 1. The molecule has 0 bridgehead atoms. The number of carbonyl (C=O) groups is 1. The van der Waals surface area contributed by atoms with Crippen LogP contribution in [0.4, 0.5) is 0 Å². The van der Waals surface area contributed by atoms with Crippen molar-refractivity contribution in [2.24, 2.45) is 5.41 Å². The molecule has 0 radical (unpaired) electrons. The van der Waals surface area contributed by atoms with Gasteiger partial charge in [-0.15, -0.1) is 0 Å². The fourth-order valence-electron chi connectivity index (χ4n) is 2.45. The highest BCUT2D eigenvalue weighted by Crippen LogP contribution is 2.23. The van der Waals surface area contributed by atoms with Gasteiger partial charge in [-0.05, 0) is 33.2 Å². The average Bonchev–Trinajstić information content (AvgIpc) is 2.75. The zero-order valence-electron chi connectivity index (χ0n) is 12.1. The predicted octanol–water partition coefficient (Wildman–Crippen LogP) is 1.31. The van der Waals surface area contributed by atoms with Gasteiger partial charge >= 0.3 is 5.97 Å². The van der Waals surface area contributed by atoms with Crippen LogP contribution in [0.1, 0.15) is 39.5 Å². The molecule has 0 aromatic carbocycles. The third kappa shape index (κ3) is 4.81. The Morgan fingerprint density at radius 1 is 1.53 bits per heavy atom. The van der Waals surface area contributed by atoms with Crippen molar-refractivity contribution < 1.29 is 14.6 Å². The Morgan fingerprint density at radius 3 is 2.79 bits per heavy atom. The largest absolute Gasteiger partial charge is 0.468 e. The van der Waals surface area contributed by atoms with Crippen molar-refractivity contribution >= 4 is 5.97 Å². The third-order valence-corrected chi connectivity index (χ3v) is 3.65. The molecule has 0 saturated carbocycles. The summed E-state index contributed by atoms with van der Waals surface area (Å²) in [6.07, 6.45) is 2.73. The van der Waals surface area contributed by atoms with E-state index in [9.17, 15) is 9.90 Å². The number of esters is 1. The molecule has 19 heavy (non-hydrogen) atoms. The Balaban J connectivity index is 2.35. The number of β-amino-alcohol motifs (C(OH)–C–C–N with tert-alkyl or cyclic N) is 1. The lowest BCUT2D eigenvalue weighted by Gasteiger charge is -2.22. The van der Waals surface area contributed by atoms with Gasteiger partial charge < -0.3 is 9.84 Å². The van der Waals surface area contributed by atoms with E-state index in [2.05, 4.69) is 6.07 Å². The molecule has 1 aliphatic heterocycles. The fourth-order valence-corrected chi connectivity index (χ4v) is 2.45. The molecular formula is C14H24N2O3. The van der Waals surface area contributed by atoms with Crippen molar-refractivity contribution in [3.05, 3.63) is 0 Å². The summed E-state index contributed by atoms with van der Waals surface area (Å²) in [4.78, 5) is 13.6. The van der Waals surface area contributed by atoms with Crippen LogP contribution < -0.4 is 0 Å². The van der Waals surface area contributed by atoms with Crippen LogP contribution in [0, 0.1) is 16.7 Å². The Morgan fingerprint density at radius 2 is 2.21 bits per heavy atom. The van der Waals surface area contributed by atoms with E-state index in [0.29, 0.717) is 13.0 Å². The number of aliphatic hydroxyl groups excluding tert-OH is 1. The van der Waals surface area contributed by atoms with E-state index >= 15 is 0 Å². The minimum Gasteiger partial charge on any atom is -0.468 e. The Labute approximate surface area is 115 Å². The molecule has 0 aromatic rings. The summed E-state index contributed by atoms with van der Waals surface area (Å²) in [5, 5.41) is 18.6. The quantitative estimate of drug-likeness (QED) is 0.581. The summed E-state index contributed by atoms with van der Waals surface area (Å²) < 4.78 is 4.76. The average molecular weight is 268 g/mol. The molecule has 108 valence electrons. The molecule has 1 N–H and O–H groups in total. The summed E-state index contributed by atoms with van der Waals surface area (Å²) in [5.41, 5.74) is -0.285. The van der Waals surface area contributed by atoms with E-state index in [1.165, 1.54) is 7.11 Å². The van der Waals surface area contributed by atoms with Crippen molar-refractivity contribution in [1.82, 2.24) is 4.90 Å². The molecule has 1 fully saturated rings. The van der Waals surface area contributed by atoms with E-state index in [1.54, 1.807) is 0 Å². The minimum atomic E-state index is -0.445. The smallest absolute Gasteiger partial charge is 0.323 e. The van der Waals surface area contributed by atoms with Gasteiger partial charge in [-0.2, -0.15) is 5.26 Å². The van der Waals surface area contributed by atoms with Crippen molar-refractivity contribution in [1.29, 1.82) is 5.26 Å². The summed E-state index contributed by atoms with van der Waals surface area (Å²) >= 11 is 0. The normalized spacial score (nSPS) is 24.2. The maximum atomic E-state index is 11.6. The van der Waals surface area contributed by atoms with Gasteiger partial charge in [0.15, 0.2) is 0 Å². The number of methoxy groups -OCH3 is 1. The van der Waals surface area contributed by atoms with Crippen LogP contribution in [0.25, 0.3) is 0 Å². The first-order chi connectivity index (χ1) is 8.89. The molecule has 1 rings (SSSR count). The number of rotatable bonds is 6. The van der Waals surface area contributed by atoms with Crippen LogP contribution in [0.5, 0.6) is 0 Å². The number of nitrogens with zero attached hydrogens (tertiary/aromatic N) is 2. The van der Waals surface area contributed by atoms with Crippen LogP contribution in [0.2, 0.25) is 0 Å². The minimum absolute atomic E-state index is 0.270. The molecule has 0 spiro atoms. The monoisotopic (exact) mass is 268 g/mol. The molecule has 5 nitrogen and oxygen atoms in total. The maximum Gasteiger partial charge on any atom is 0.323 e. The molecule has 2 unspecified atom stereocenters. The number of unbranched alkanes of at least 4 members (excludes halogenated alkanes) is 1. The van der Waals surface area contributed by atoms with E-state index in [1.807, 2.05) is 18.7 Å². The number of nitriles is 1. The highest BCUT2D eigenvalue weighted by molar-refractivity contribution is 5.76. The Bertz CT molecular complexity index is 349. The molecule has 1 heterocycles. The second kappa shape index (κ2) is 6.88. The lowest BCUT2D eigenvalue weighted by molar-refractivity contribution is -0.145. The fraction of sp³-hybridized carbons (Fsp3) is 0.857. The predicted molar refractivity (Wildman–Crippen MR) is 71.2 cm³/mol. The van der Waals surface area contributed by atoms with Crippen LogP contribution in [0.3, 0.4) is 0 Å². The van der Waals surface area contributed by atoms with Crippen molar-refractivity contribution in [3.8, 4) is 6.07 Å². The lowest BCUT2D eigenvalue weighted by Crippen LogP contribution is -2.37. The second-order valence-electron chi connectivity index (χ2n) is 5.88. The Hall–Kier alpha value is -1.12. The molecule has 0 aliphatic carbocycles. The topological polar surface area (TPSA) is 73.6 Å². The van der Waals surface area contributed by atoms with Crippen LogP contribution in [-0.4, -0.2) is 48.3 Å². The van der Waals surface area contributed by atoms with Crippen molar-refractivity contribution in [3.63, 3.8) is 0 Å². The van der Waals surface area contributed by atoms with Gasteiger partial charge in [-0.1, -0.05) is 6.42 Å². The summed E-state index contributed by atoms with van der Waals surface area (Å²) in [7, 11) is 1.38. The summed E-state index contributed by atoms with van der Waals surface area (Å²) in [5.74, 6) is -0.270. The first kappa shape index (κ1) is 15.9. The van der Waals surface area contributed by atoms with Crippen LogP contribution in [0.15, 0.2) is 0 Å². The van der Waals surface area contributed by atoms with Gasteiger partial charge in [-0.25, -0.2) is 0 Å². The second-order valence-corrected chi connectivity index (χ2v) is 5.88. The SMILES string of the molecule is COC(=O)C1CC(O)CN1CCCCC(C)(C)C#N. The van der Waals surface area contributed by atoms with E-state index in [4.69, 9.17) is 10.00 Å². The molecule has 5 heteroatoms. The van der Waals surface area contributed by atoms with E-state index < -0.39 is 6.10 Å². The van der Waals surface area contributed by atoms with Gasteiger partial charge in [-0.3, -0.25) is 9.69 Å². The van der Waals surface area contributed by atoms with Gasteiger partial charge in [0, 0.05) is 13.0 Å². The number of hydrogen-bond acceptors (Lipinski definition) is 5.